The fourth-order valence-corrected chi connectivity index (χ4v) is 5.71. The van der Waals surface area contributed by atoms with Gasteiger partial charge < -0.3 is 14.4 Å². The van der Waals surface area contributed by atoms with E-state index in [1.807, 2.05) is 47.2 Å². The minimum Gasteiger partial charge on any atom is -0.341 e. The van der Waals surface area contributed by atoms with Gasteiger partial charge in [-0.3, -0.25) is 9.59 Å². The van der Waals surface area contributed by atoms with Crippen LogP contribution >= 0.6 is 0 Å². The molecular weight excluding hydrogens is 424 g/mol. The van der Waals surface area contributed by atoms with E-state index in [1.165, 1.54) is 24.8 Å². The van der Waals surface area contributed by atoms with Crippen LogP contribution in [0.2, 0.25) is 0 Å². The molecule has 1 aliphatic carbocycles. The minimum atomic E-state index is -0.0478. The quantitative estimate of drug-likeness (QED) is 0.543. The molecule has 0 radical (unpaired) electrons. The number of benzene rings is 2. The van der Waals surface area contributed by atoms with Crippen molar-refractivity contribution in [3.8, 4) is 0 Å². The Morgan fingerprint density at radius 3 is 2.62 bits per heavy atom. The third-order valence-corrected chi connectivity index (χ3v) is 7.63. The summed E-state index contributed by atoms with van der Waals surface area (Å²) in [5, 5.41) is 0. The summed E-state index contributed by atoms with van der Waals surface area (Å²) in [6.45, 7) is 4.96. The molecule has 2 aliphatic rings. The maximum atomic E-state index is 13.3. The molecule has 3 aromatic rings. The van der Waals surface area contributed by atoms with Crippen molar-refractivity contribution >= 4 is 28.5 Å². The SMILES string of the molecule is Cc1ccc(N2CC(c3nc4ccccc4n3CC(=O)N(C)C3CCCCC3)CC2=O)c(C)c1. The van der Waals surface area contributed by atoms with Crippen molar-refractivity contribution in [3.63, 3.8) is 0 Å². The third kappa shape index (κ3) is 4.22. The average molecular weight is 459 g/mol. The molecular formula is C28H34N4O2. The number of aromatic nitrogens is 2. The van der Waals surface area contributed by atoms with Crippen LogP contribution in [0.1, 0.15) is 61.4 Å². The molecule has 2 amide bonds. The summed E-state index contributed by atoms with van der Waals surface area (Å²) in [5.74, 6) is 1.02. The van der Waals surface area contributed by atoms with Gasteiger partial charge in [-0.1, -0.05) is 49.1 Å². The fraction of sp³-hybridized carbons (Fsp3) is 0.464. The van der Waals surface area contributed by atoms with E-state index in [0.717, 1.165) is 41.0 Å². The molecule has 6 heteroatoms. The van der Waals surface area contributed by atoms with E-state index in [0.29, 0.717) is 19.0 Å². The Balaban J connectivity index is 1.44. The van der Waals surface area contributed by atoms with Crippen molar-refractivity contribution < 1.29 is 9.59 Å². The smallest absolute Gasteiger partial charge is 0.242 e. The molecule has 178 valence electrons. The number of para-hydroxylation sites is 2. The van der Waals surface area contributed by atoms with Crippen molar-refractivity contribution in [1.82, 2.24) is 14.5 Å². The second-order valence-electron chi connectivity index (χ2n) is 10.0. The van der Waals surface area contributed by atoms with Crippen LogP contribution in [0.25, 0.3) is 11.0 Å². The molecule has 2 aromatic carbocycles. The fourth-order valence-electron chi connectivity index (χ4n) is 5.71. The maximum absolute atomic E-state index is 13.3. The van der Waals surface area contributed by atoms with Gasteiger partial charge >= 0.3 is 0 Å². The second kappa shape index (κ2) is 9.24. The summed E-state index contributed by atoms with van der Waals surface area (Å²) in [6.07, 6.45) is 6.23. The molecule has 34 heavy (non-hydrogen) atoms. The predicted octanol–water partition coefficient (Wildman–Crippen LogP) is 4.96. The first-order valence-electron chi connectivity index (χ1n) is 12.5. The number of carbonyl (C=O) groups is 2. The Labute approximate surface area is 201 Å². The first-order chi connectivity index (χ1) is 16.4. The first-order valence-corrected chi connectivity index (χ1v) is 12.5. The molecule has 6 nitrogen and oxygen atoms in total. The highest BCUT2D eigenvalue weighted by Crippen LogP contribution is 2.35. The van der Waals surface area contributed by atoms with Crippen molar-refractivity contribution in [2.24, 2.45) is 0 Å². The number of carbonyl (C=O) groups excluding carboxylic acids is 2. The van der Waals surface area contributed by atoms with Crippen LogP contribution in [0.5, 0.6) is 0 Å². The number of anilines is 1. The number of rotatable bonds is 5. The molecule has 0 bridgehead atoms. The number of amides is 2. The Bertz CT molecular complexity index is 1220. The standard InChI is InChI=1S/C28H34N4O2/c1-19-13-14-24(20(2)15-19)31-17-21(16-26(31)33)28-29-23-11-7-8-12-25(23)32(28)18-27(34)30(3)22-9-5-4-6-10-22/h7-8,11-15,21-22H,4-6,9-10,16-18H2,1-3H3. The van der Waals surface area contributed by atoms with Gasteiger partial charge in [0.25, 0.3) is 0 Å². The highest BCUT2D eigenvalue weighted by atomic mass is 16.2. The van der Waals surface area contributed by atoms with Gasteiger partial charge in [0.2, 0.25) is 11.8 Å². The first kappa shape index (κ1) is 22.6. The molecule has 1 saturated heterocycles. The van der Waals surface area contributed by atoms with Crippen molar-refractivity contribution in [2.45, 2.75) is 70.9 Å². The zero-order valence-corrected chi connectivity index (χ0v) is 20.5. The van der Waals surface area contributed by atoms with E-state index in [1.54, 1.807) is 0 Å². The van der Waals surface area contributed by atoms with Gasteiger partial charge in [0.1, 0.15) is 12.4 Å². The number of hydrogen-bond acceptors (Lipinski definition) is 3. The molecule has 5 rings (SSSR count). The van der Waals surface area contributed by atoms with E-state index in [2.05, 4.69) is 30.5 Å². The lowest BCUT2D eigenvalue weighted by molar-refractivity contribution is -0.133. The lowest BCUT2D eigenvalue weighted by atomic mass is 9.94. The number of nitrogens with zero attached hydrogens (tertiary/aromatic N) is 4. The third-order valence-electron chi connectivity index (χ3n) is 7.63. The van der Waals surface area contributed by atoms with Gasteiger partial charge in [0.05, 0.1) is 11.0 Å². The lowest BCUT2D eigenvalue weighted by Crippen LogP contribution is -2.40. The van der Waals surface area contributed by atoms with Gasteiger partial charge in [-0.25, -0.2) is 4.98 Å². The highest BCUT2D eigenvalue weighted by molar-refractivity contribution is 5.97. The molecule has 0 spiro atoms. The van der Waals surface area contributed by atoms with Gasteiger partial charge in [0, 0.05) is 37.7 Å². The van der Waals surface area contributed by atoms with E-state index >= 15 is 0 Å². The van der Waals surface area contributed by atoms with E-state index < -0.39 is 0 Å². The number of aryl methyl sites for hydroxylation is 2. The normalized spacial score (nSPS) is 19.2. The minimum absolute atomic E-state index is 0.0478. The van der Waals surface area contributed by atoms with Gasteiger partial charge in [0.15, 0.2) is 0 Å². The molecule has 1 saturated carbocycles. The molecule has 1 unspecified atom stereocenters. The van der Waals surface area contributed by atoms with E-state index in [9.17, 15) is 9.59 Å². The van der Waals surface area contributed by atoms with Crippen LogP contribution in [-0.4, -0.2) is 45.9 Å². The van der Waals surface area contributed by atoms with E-state index in [-0.39, 0.29) is 24.3 Å². The summed E-state index contributed by atoms with van der Waals surface area (Å²) >= 11 is 0. The highest BCUT2D eigenvalue weighted by Gasteiger charge is 2.36. The van der Waals surface area contributed by atoms with Crippen LogP contribution in [0.3, 0.4) is 0 Å². The Hall–Kier alpha value is -3.15. The maximum Gasteiger partial charge on any atom is 0.242 e. The van der Waals surface area contributed by atoms with Crippen molar-refractivity contribution in [2.75, 3.05) is 18.5 Å². The summed E-state index contributed by atoms with van der Waals surface area (Å²) < 4.78 is 2.06. The Morgan fingerprint density at radius 1 is 1.09 bits per heavy atom. The second-order valence-corrected chi connectivity index (χ2v) is 10.0. The molecule has 2 fully saturated rings. The van der Waals surface area contributed by atoms with Crippen LogP contribution < -0.4 is 4.90 Å². The van der Waals surface area contributed by atoms with E-state index in [4.69, 9.17) is 4.98 Å². The van der Waals surface area contributed by atoms with Gasteiger partial charge in [-0.15, -0.1) is 0 Å². The van der Waals surface area contributed by atoms with Crippen LogP contribution in [0.15, 0.2) is 42.5 Å². The number of imidazole rings is 1. The zero-order chi connectivity index (χ0) is 23.8. The van der Waals surface area contributed by atoms with Crippen LogP contribution in [-0.2, 0) is 16.1 Å². The monoisotopic (exact) mass is 458 g/mol. The van der Waals surface area contributed by atoms with Crippen LogP contribution in [0, 0.1) is 13.8 Å². The average Bonchev–Trinajstić information content (AvgIpc) is 3.39. The molecule has 1 aliphatic heterocycles. The number of likely N-dealkylation sites (N-methyl/N-ethyl adjacent to an activating group) is 1. The van der Waals surface area contributed by atoms with Crippen molar-refractivity contribution in [1.29, 1.82) is 0 Å². The largest absolute Gasteiger partial charge is 0.341 e. The summed E-state index contributed by atoms with van der Waals surface area (Å²) in [6, 6.07) is 14.5. The molecule has 0 N–H and O–H groups in total. The lowest BCUT2D eigenvalue weighted by Gasteiger charge is -2.31. The van der Waals surface area contributed by atoms with Gasteiger partial charge in [-0.2, -0.15) is 0 Å². The molecule has 1 atom stereocenters. The Kier molecular flexibility index (Phi) is 6.15. The molecule has 2 heterocycles. The zero-order valence-electron chi connectivity index (χ0n) is 20.5. The number of fused-ring (bicyclic) bond motifs is 1. The summed E-state index contributed by atoms with van der Waals surface area (Å²) in [7, 11) is 1.94. The number of hydrogen-bond donors (Lipinski definition) is 0. The predicted molar refractivity (Wildman–Crippen MR) is 135 cm³/mol. The van der Waals surface area contributed by atoms with Crippen molar-refractivity contribution in [3.05, 3.63) is 59.4 Å². The summed E-state index contributed by atoms with van der Waals surface area (Å²) in [4.78, 5) is 35.2. The van der Waals surface area contributed by atoms with Crippen LogP contribution in [0.4, 0.5) is 5.69 Å². The Morgan fingerprint density at radius 2 is 1.85 bits per heavy atom. The molecule has 1 aromatic heterocycles. The summed E-state index contributed by atoms with van der Waals surface area (Å²) in [5.41, 5.74) is 5.09. The topological polar surface area (TPSA) is 58.4 Å². The van der Waals surface area contributed by atoms with Gasteiger partial charge in [-0.05, 0) is 50.5 Å².